The molecular formula is C23H31O6P. The van der Waals surface area contributed by atoms with E-state index >= 15 is 0 Å². The number of hydrogen-bond donors (Lipinski definition) is 0. The highest BCUT2D eigenvalue weighted by Gasteiger charge is 2.29. The third kappa shape index (κ3) is 7.06. The van der Waals surface area contributed by atoms with E-state index in [0.717, 1.165) is 16.7 Å². The van der Waals surface area contributed by atoms with Gasteiger partial charge in [-0.05, 0) is 56.5 Å². The van der Waals surface area contributed by atoms with E-state index in [9.17, 15) is 9.36 Å². The van der Waals surface area contributed by atoms with Crippen LogP contribution < -0.4 is 4.74 Å². The molecule has 0 saturated heterocycles. The van der Waals surface area contributed by atoms with Crippen LogP contribution in [0.1, 0.15) is 40.9 Å². The maximum Gasteiger partial charge on any atom is 0.338 e. The van der Waals surface area contributed by atoms with Crippen LogP contribution in [0.25, 0.3) is 0 Å². The van der Waals surface area contributed by atoms with Gasteiger partial charge in [-0.15, -0.1) is 0 Å². The highest BCUT2D eigenvalue weighted by molar-refractivity contribution is 7.54. The molecule has 2 rings (SSSR count). The van der Waals surface area contributed by atoms with Gasteiger partial charge in [-0.2, -0.15) is 0 Å². The average Bonchev–Trinajstić information content (AvgIpc) is 2.71. The molecular weight excluding hydrogens is 403 g/mol. The molecule has 0 radical (unpaired) electrons. The summed E-state index contributed by atoms with van der Waals surface area (Å²) in [6.45, 7) is 9.05. The number of ether oxygens (including phenoxy) is 2. The van der Waals surface area contributed by atoms with E-state index in [0.29, 0.717) is 31.1 Å². The lowest BCUT2D eigenvalue weighted by molar-refractivity contribution is 0.0886. The van der Waals surface area contributed by atoms with Gasteiger partial charge in [0.1, 0.15) is 18.5 Å². The predicted molar refractivity (Wildman–Crippen MR) is 118 cm³/mol. The third-order valence-electron chi connectivity index (χ3n) is 4.62. The Morgan fingerprint density at radius 1 is 0.900 bits per heavy atom. The van der Waals surface area contributed by atoms with Crippen LogP contribution in [0.15, 0.2) is 42.5 Å². The zero-order valence-corrected chi connectivity index (χ0v) is 19.1. The van der Waals surface area contributed by atoms with Crippen molar-refractivity contribution >= 4 is 13.4 Å². The van der Waals surface area contributed by atoms with Crippen LogP contribution in [0.4, 0.5) is 0 Å². The van der Waals surface area contributed by atoms with E-state index in [1.54, 1.807) is 26.0 Å². The van der Waals surface area contributed by atoms with E-state index in [2.05, 4.69) is 0 Å². The molecule has 2 aromatic rings. The monoisotopic (exact) mass is 434 g/mol. The smallest absolute Gasteiger partial charge is 0.338 e. The normalized spacial score (nSPS) is 11.5. The van der Waals surface area contributed by atoms with Crippen LogP contribution in [0, 0.1) is 13.8 Å². The molecule has 0 amide bonds. The number of carbonyl (C=O) groups excluding carboxylic acids is 1. The van der Waals surface area contributed by atoms with Crippen molar-refractivity contribution in [2.24, 2.45) is 0 Å². The van der Waals surface area contributed by atoms with Gasteiger partial charge in [0.2, 0.25) is 0 Å². The fraction of sp³-hybridized carbons (Fsp3) is 0.435. The number of hydrogen-bond acceptors (Lipinski definition) is 6. The molecule has 0 aliphatic heterocycles. The first-order valence-corrected chi connectivity index (χ1v) is 11.9. The highest BCUT2D eigenvalue weighted by atomic mass is 31.2. The van der Waals surface area contributed by atoms with Crippen LogP contribution in [0.2, 0.25) is 0 Å². The second-order valence-corrected chi connectivity index (χ2v) is 8.83. The van der Waals surface area contributed by atoms with Crippen LogP contribution in [0.5, 0.6) is 5.75 Å². The van der Waals surface area contributed by atoms with Crippen molar-refractivity contribution in [1.82, 2.24) is 0 Å². The number of ketones is 1. The van der Waals surface area contributed by atoms with E-state index in [1.165, 1.54) is 0 Å². The first-order chi connectivity index (χ1) is 14.4. The van der Waals surface area contributed by atoms with E-state index in [4.69, 9.17) is 18.5 Å². The molecule has 0 unspecified atom stereocenters. The minimum atomic E-state index is -3.44. The van der Waals surface area contributed by atoms with Gasteiger partial charge in [-0.3, -0.25) is 9.36 Å². The minimum absolute atomic E-state index is 0.224. The Balaban J connectivity index is 1.94. The summed E-state index contributed by atoms with van der Waals surface area (Å²) >= 11 is 0. The van der Waals surface area contributed by atoms with Crippen LogP contribution in [-0.2, 0) is 25.0 Å². The summed E-state index contributed by atoms with van der Waals surface area (Å²) < 4.78 is 34.6. The summed E-state index contributed by atoms with van der Waals surface area (Å²) in [6.07, 6.45) is -0.275. The molecule has 164 valence electrons. The second-order valence-electron chi connectivity index (χ2n) is 6.78. The van der Waals surface area contributed by atoms with Crippen molar-refractivity contribution in [2.75, 3.05) is 32.6 Å². The Labute approximate surface area is 179 Å². The van der Waals surface area contributed by atoms with Gasteiger partial charge in [-0.25, -0.2) is 0 Å². The molecule has 0 heterocycles. The lowest BCUT2D eigenvalue weighted by Gasteiger charge is -2.18. The maximum atomic E-state index is 12.7. The van der Waals surface area contributed by atoms with Crippen molar-refractivity contribution in [3.63, 3.8) is 0 Å². The Morgan fingerprint density at radius 3 is 2.20 bits per heavy atom. The summed E-state index contributed by atoms with van der Waals surface area (Å²) in [5, 5.41) is 0. The Morgan fingerprint density at radius 2 is 1.57 bits per heavy atom. The van der Waals surface area contributed by atoms with E-state index in [1.807, 2.05) is 44.2 Å². The van der Waals surface area contributed by atoms with Crippen molar-refractivity contribution in [2.45, 2.75) is 34.3 Å². The van der Waals surface area contributed by atoms with Crippen LogP contribution >= 0.6 is 7.60 Å². The first-order valence-electron chi connectivity index (χ1n) is 10.2. The fourth-order valence-corrected chi connectivity index (χ4v) is 4.58. The summed E-state index contributed by atoms with van der Waals surface area (Å²) in [5.74, 6) is 0.434. The minimum Gasteiger partial charge on any atom is -0.491 e. The molecule has 2 aromatic carbocycles. The lowest BCUT2D eigenvalue weighted by atomic mass is 10.00. The molecule has 7 heteroatoms. The van der Waals surface area contributed by atoms with Crippen molar-refractivity contribution in [1.29, 1.82) is 0 Å². The maximum absolute atomic E-state index is 12.7. The van der Waals surface area contributed by atoms with E-state index < -0.39 is 7.60 Å². The number of Topliss-reactive ketones (excluding diaryl/α,β-unsaturated/α-hetero) is 1. The zero-order chi connectivity index (χ0) is 22.0. The molecule has 0 atom stereocenters. The standard InChI is InChI=1S/C23H31O6P/c1-5-28-30(25,29-6-2)17-22(24)21-12-13-23(19(4)18(21)3)27-15-14-26-16-20-10-8-7-9-11-20/h7-13H,5-6,14-17H2,1-4H3. The van der Waals surface area contributed by atoms with Gasteiger partial charge < -0.3 is 18.5 Å². The molecule has 0 aliphatic rings. The molecule has 0 N–H and O–H groups in total. The largest absolute Gasteiger partial charge is 0.491 e. The molecule has 0 spiro atoms. The van der Waals surface area contributed by atoms with Crippen LogP contribution in [-0.4, -0.2) is 38.4 Å². The molecule has 0 aromatic heterocycles. The van der Waals surface area contributed by atoms with Gasteiger partial charge in [0.25, 0.3) is 0 Å². The van der Waals surface area contributed by atoms with Crippen molar-refractivity contribution in [3.8, 4) is 5.75 Å². The number of rotatable bonds is 13. The van der Waals surface area contributed by atoms with Gasteiger partial charge in [-0.1, -0.05) is 30.3 Å². The number of carbonyl (C=O) groups is 1. The molecule has 0 aliphatic carbocycles. The predicted octanol–water partition coefficient (Wildman–Crippen LogP) is 5.35. The highest BCUT2D eigenvalue weighted by Crippen LogP contribution is 2.48. The average molecular weight is 434 g/mol. The van der Waals surface area contributed by atoms with Crippen LogP contribution in [0.3, 0.4) is 0 Å². The molecule has 0 bridgehead atoms. The quantitative estimate of drug-likeness (QED) is 0.241. The topological polar surface area (TPSA) is 71.1 Å². The Bertz CT molecular complexity index is 855. The van der Waals surface area contributed by atoms with Crippen molar-refractivity contribution in [3.05, 3.63) is 64.7 Å². The number of benzene rings is 2. The third-order valence-corrected chi connectivity index (χ3v) is 6.60. The Hall–Kier alpha value is -1.98. The van der Waals surface area contributed by atoms with Gasteiger partial charge in [0.05, 0.1) is 26.4 Å². The Kier molecular flexibility index (Phi) is 9.73. The fourth-order valence-electron chi connectivity index (χ4n) is 3.01. The van der Waals surface area contributed by atoms with Gasteiger partial charge >= 0.3 is 7.60 Å². The molecule has 0 saturated carbocycles. The molecule has 30 heavy (non-hydrogen) atoms. The van der Waals surface area contributed by atoms with Crippen molar-refractivity contribution < 1.29 is 27.9 Å². The summed E-state index contributed by atoms with van der Waals surface area (Å²) in [5.41, 5.74) is 3.28. The van der Waals surface area contributed by atoms with Gasteiger partial charge in [0, 0.05) is 5.56 Å². The van der Waals surface area contributed by atoms with Gasteiger partial charge in [0.15, 0.2) is 5.78 Å². The zero-order valence-electron chi connectivity index (χ0n) is 18.2. The first kappa shape index (κ1) is 24.3. The summed E-state index contributed by atoms with van der Waals surface area (Å²) in [6, 6.07) is 13.4. The SMILES string of the molecule is CCOP(=O)(CC(=O)c1ccc(OCCOCc2ccccc2)c(C)c1C)OCC. The summed E-state index contributed by atoms with van der Waals surface area (Å²) in [7, 11) is -3.44. The molecule has 6 nitrogen and oxygen atoms in total. The lowest BCUT2D eigenvalue weighted by Crippen LogP contribution is -2.13. The molecule has 0 fully saturated rings. The van der Waals surface area contributed by atoms with E-state index in [-0.39, 0.29) is 25.2 Å². The second kappa shape index (κ2) is 12.0. The summed E-state index contributed by atoms with van der Waals surface area (Å²) in [4.78, 5) is 12.7.